The summed E-state index contributed by atoms with van der Waals surface area (Å²) in [5.41, 5.74) is 2.04. The van der Waals surface area contributed by atoms with E-state index in [4.69, 9.17) is 4.74 Å². The van der Waals surface area contributed by atoms with Gasteiger partial charge in [0.05, 0.1) is 6.61 Å². The molecule has 0 N–H and O–H groups in total. The van der Waals surface area contributed by atoms with Gasteiger partial charge in [0.2, 0.25) is 0 Å². The molecule has 0 atom stereocenters. The fraction of sp³-hybridized carbons (Fsp3) is 0.500. The third kappa shape index (κ3) is 6.18. The lowest BCUT2D eigenvalue weighted by Crippen LogP contribution is -2.03. The molecular formula is C16H22O3. The summed E-state index contributed by atoms with van der Waals surface area (Å²) in [6.45, 7) is 3.93. The zero-order chi connectivity index (χ0) is 14.1. The van der Waals surface area contributed by atoms with Gasteiger partial charge in [0, 0.05) is 18.9 Å². The minimum atomic E-state index is -0.266. The second-order valence-corrected chi connectivity index (χ2v) is 4.67. The van der Waals surface area contributed by atoms with Crippen LogP contribution in [0.15, 0.2) is 24.3 Å². The minimum absolute atomic E-state index is 0.158. The van der Waals surface area contributed by atoms with Gasteiger partial charge in [-0.15, -0.1) is 0 Å². The summed E-state index contributed by atoms with van der Waals surface area (Å²) in [6.07, 6.45) is 4.16. The predicted octanol–water partition coefficient (Wildman–Crippen LogP) is 3.56. The highest BCUT2D eigenvalue weighted by molar-refractivity contribution is 5.96. The molecule has 0 bridgehead atoms. The van der Waals surface area contributed by atoms with Crippen molar-refractivity contribution in [3.8, 4) is 0 Å². The maximum Gasteiger partial charge on any atom is 0.302 e. The zero-order valence-corrected chi connectivity index (χ0v) is 11.8. The van der Waals surface area contributed by atoms with E-state index in [0.717, 1.165) is 31.2 Å². The van der Waals surface area contributed by atoms with Crippen molar-refractivity contribution in [1.29, 1.82) is 0 Å². The largest absolute Gasteiger partial charge is 0.466 e. The average Bonchev–Trinajstić information content (AvgIpc) is 2.39. The fourth-order valence-corrected chi connectivity index (χ4v) is 1.89. The smallest absolute Gasteiger partial charge is 0.302 e. The summed E-state index contributed by atoms with van der Waals surface area (Å²) in [5.74, 6) is -0.108. The topological polar surface area (TPSA) is 43.4 Å². The first kappa shape index (κ1) is 15.4. The summed E-state index contributed by atoms with van der Waals surface area (Å²) in [5, 5.41) is 0. The highest BCUT2D eigenvalue weighted by Crippen LogP contribution is 2.10. The molecule has 104 valence electrons. The van der Waals surface area contributed by atoms with Gasteiger partial charge in [-0.25, -0.2) is 0 Å². The molecule has 19 heavy (non-hydrogen) atoms. The minimum Gasteiger partial charge on any atom is -0.466 e. The molecule has 0 spiro atoms. The van der Waals surface area contributed by atoms with E-state index in [1.54, 1.807) is 0 Å². The Bertz CT molecular complexity index is 407. The number of hydrogen-bond acceptors (Lipinski definition) is 3. The summed E-state index contributed by atoms with van der Waals surface area (Å²) in [7, 11) is 0. The van der Waals surface area contributed by atoms with Crippen molar-refractivity contribution in [2.75, 3.05) is 6.61 Å². The van der Waals surface area contributed by atoms with Gasteiger partial charge in [0.25, 0.3) is 0 Å². The molecule has 0 aliphatic carbocycles. The number of ketones is 1. The first-order valence-electron chi connectivity index (χ1n) is 6.89. The van der Waals surface area contributed by atoms with Crippen molar-refractivity contribution in [3.05, 3.63) is 35.4 Å². The highest BCUT2D eigenvalue weighted by atomic mass is 16.5. The molecule has 1 aromatic carbocycles. The number of carbonyl (C=O) groups excluding carboxylic acids is 2. The molecule has 3 heteroatoms. The number of unbranched alkanes of at least 4 members (excludes halogenated alkanes) is 1. The van der Waals surface area contributed by atoms with E-state index in [2.05, 4.69) is 6.92 Å². The molecule has 3 nitrogen and oxygen atoms in total. The number of carbonyl (C=O) groups is 2. The van der Waals surface area contributed by atoms with Gasteiger partial charge in [-0.3, -0.25) is 9.59 Å². The second-order valence-electron chi connectivity index (χ2n) is 4.67. The molecule has 0 aliphatic rings. The SMILES string of the molecule is CCCc1ccc(C(=O)CCCCOC(C)=O)cc1. The molecule has 0 fully saturated rings. The van der Waals surface area contributed by atoms with E-state index < -0.39 is 0 Å². The van der Waals surface area contributed by atoms with E-state index in [0.29, 0.717) is 13.0 Å². The van der Waals surface area contributed by atoms with Gasteiger partial charge < -0.3 is 4.74 Å². The van der Waals surface area contributed by atoms with Crippen molar-refractivity contribution in [3.63, 3.8) is 0 Å². The van der Waals surface area contributed by atoms with Crippen molar-refractivity contribution >= 4 is 11.8 Å². The van der Waals surface area contributed by atoms with Gasteiger partial charge in [0.1, 0.15) is 0 Å². The molecule has 1 aromatic rings. The standard InChI is InChI=1S/C16H22O3/c1-3-6-14-8-10-15(11-9-14)16(18)7-4-5-12-19-13(2)17/h8-11H,3-7,12H2,1-2H3. The number of ether oxygens (including phenoxy) is 1. The lowest BCUT2D eigenvalue weighted by Gasteiger charge is -2.04. The Kier molecular flexibility index (Phi) is 6.86. The first-order valence-corrected chi connectivity index (χ1v) is 6.89. The Balaban J connectivity index is 2.30. The van der Waals surface area contributed by atoms with Crippen LogP contribution >= 0.6 is 0 Å². The van der Waals surface area contributed by atoms with Gasteiger partial charge in [-0.05, 0) is 24.8 Å². The second kappa shape index (κ2) is 8.46. The Morgan fingerprint density at radius 3 is 2.37 bits per heavy atom. The predicted molar refractivity (Wildman–Crippen MR) is 75.3 cm³/mol. The number of rotatable bonds is 8. The van der Waals surface area contributed by atoms with Crippen LogP contribution in [0.5, 0.6) is 0 Å². The monoisotopic (exact) mass is 262 g/mol. The number of benzene rings is 1. The summed E-state index contributed by atoms with van der Waals surface area (Å²) < 4.78 is 4.82. The van der Waals surface area contributed by atoms with E-state index in [1.807, 2.05) is 24.3 Å². The fourth-order valence-electron chi connectivity index (χ4n) is 1.89. The molecule has 0 unspecified atom stereocenters. The number of esters is 1. The zero-order valence-electron chi connectivity index (χ0n) is 11.8. The Morgan fingerprint density at radius 1 is 1.11 bits per heavy atom. The van der Waals surface area contributed by atoms with Gasteiger partial charge in [-0.1, -0.05) is 37.6 Å². The summed E-state index contributed by atoms with van der Waals surface area (Å²) in [4.78, 5) is 22.5. The molecule has 0 heterocycles. The Morgan fingerprint density at radius 2 is 1.79 bits per heavy atom. The Labute approximate surface area is 115 Å². The van der Waals surface area contributed by atoms with Crippen molar-refractivity contribution in [1.82, 2.24) is 0 Å². The van der Waals surface area contributed by atoms with Crippen LogP contribution in [0.25, 0.3) is 0 Å². The first-order chi connectivity index (χ1) is 9.13. The molecular weight excluding hydrogens is 240 g/mol. The number of hydrogen-bond donors (Lipinski definition) is 0. The molecule has 0 aromatic heterocycles. The maximum absolute atomic E-state index is 11.9. The normalized spacial score (nSPS) is 10.2. The quantitative estimate of drug-likeness (QED) is 0.409. The van der Waals surface area contributed by atoms with Crippen LogP contribution in [-0.4, -0.2) is 18.4 Å². The third-order valence-electron chi connectivity index (χ3n) is 2.92. The van der Waals surface area contributed by atoms with Crippen LogP contribution < -0.4 is 0 Å². The summed E-state index contributed by atoms with van der Waals surface area (Å²) >= 11 is 0. The molecule has 0 saturated heterocycles. The summed E-state index contributed by atoms with van der Waals surface area (Å²) in [6, 6.07) is 7.85. The van der Waals surface area contributed by atoms with E-state index in [-0.39, 0.29) is 11.8 Å². The van der Waals surface area contributed by atoms with E-state index in [1.165, 1.54) is 12.5 Å². The lowest BCUT2D eigenvalue weighted by atomic mass is 10.0. The van der Waals surface area contributed by atoms with E-state index >= 15 is 0 Å². The molecule has 0 radical (unpaired) electrons. The molecule has 1 rings (SSSR count). The van der Waals surface area contributed by atoms with Crippen LogP contribution in [0.2, 0.25) is 0 Å². The number of aryl methyl sites for hydroxylation is 1. The van der Waals surface area contributed by atoms with Crippen molar-refractivity contribution in [2.45, 2.75) is 46.0 Å². The average molecular weight is 262 g/mol. The van der Waals surface area contributed by atoms with Crippen LogP contribution in [0.1, 0.15) is 55.5 Å². The highest BCUT2D eigenvalue weighted by Gasteiger charge is 2.05. The maximum atomic E-state index is 11.9. The Hall–Kier alpha value is -1.64. The van der Waals surface area contributed by atoms with Gasteiger partial charge >= 0.3 is 5.97 Å². The third-order valence-corrected chi connectivity index (χ3v) is 2.92. The van der Waals surface area contributed by atoms with Crippen LogP contribution in [0.4, 0.5) is 0 Å². The van der Waals surface area contributed by atoms with Crippen molar-refractivity contribution < 1.29 is 14.3 Å². The van der Waals surface area contributed by atoms with Gasteiger partial charge in [0.15, 0.2) is 5.78 Å². The molecule has 0 aliphatic heterocycles. The number of Topliss-reactive ketones (excluding diaryl/α,β-unsaturated/α-hetero) is 1. The molecule has 0 saturated carbocycles. The van der Waals surface area contributed by atoms with Crippen LogP contribution in [0, 0.1) is 0 Å². The lowest BCUT2D eigenvalue weighted by molar-refractivity contribution is -0.141. The van der Waals surface area contributed by atoms with E-state index in [9.17, 15) is 9.59 Å². The van der Waals surface area contributed by atoms with Crippen molar-refractivity contribution in [2.24, 2.45) is 0 Å². The molecule has 0 amide bonds. The van der Waals surface area contributed by atoms with Crippen LogP contribution in [-0.2, 0) is 16.0 Å². The van der Waals surface area contributed by atoms with Gasteiger partial charge in [-0.2, -0.15) is 0 Å². The van der Waals surface area contributed by atoms with Crippen LogP contribution in [0.3, 0.4) is 0 Å².